The van der Waals surface area contributed by atoms with Gasteiger partial charge in [-0.25, -0.2) is 18.0 Å². The van der Waals surface area contributed by atoms with Crippen LogP contribution in [0.4, 0.5) is 30.2 Å². The molecule has 3 aliphatic rings. The Morgan fingerprint density at radius 3 is 1.19 bits per heavy atom. The number of hydrazone groups is 6. The molecule has 0 bridgehead atoms. The Kier molecular flexibility index (Phi) is 27.8. The van der Waals surface area contributed by atoms with Gasteiger partial charge in [0.25, 0.3) is 17.3 Å². The molecule has 0 radical (unpaired) electrons. The number of aryl methyl sites for hydroxylation is 2. The maximum Gasteiger partial charge on any atom is 0.331 e. The van der Waals surface area contributed by atoms with Crippen molar-refractivity contribution in [3.05, 3.63) is 204 Å². The molecule has 5 aromatic rings. The minimum atomic E-state index is -1.13. The smallest absolute Gasteiger partial charge is 0.331 e. The quantitative estimate of drug-likeness (QED) is 0.0144. The summed E-state index contributed by atoms with van der Waals surface area (Å²) in [6, 6.07) is 24.4. The van der Waals surface area contributed by atoms with Crippen molar-refractivity contribution in [1.82, 2.24) is 37.5 Å². The highest BCUT2D eigenvalue weighted by Crippen LogP contribution is 2.25. The number of aliphatic carboxylic acids is 1. The van der Waals surface area contributed by atoms with Gasteiger partial charge in [-0.1, -0.05) is 55.8 Å². The lowest BCUT2D eigenvalue weighted by Gasteiger charge is -2.21. The number of rotatable bonds is 18. The molecule has 3 heterocycles. The number of nitro benzene ring substituents is 2. The van der Waals surface area contributed by atoms with Crippen LogP contribution in [0.5, 0.6) is 11.5 Å². The van der Waals surface area contributed by atoms with Crippen molar-refractivity contribution in [3.63, 3.8) is 0 Å². The normalized spacial score (nSPS) is 12.5. The number of carbonyl (C=O) groups is 5. The van der Waals surface area contributed by atoms with Crippen molar-refractivity contribution < 1.29 is 61.6 Å². The molecule has 0 spiro atoms. The number of nitrogens with one attached hydrogen (secondary N) is 6. The molecule has 7 N–H and O–H groups in total. The summed E-state index contributed by atoms with van der Waals surface area (Å²) in [5, 5.41) is 53.3. The first-order chi connectivity index (χ1) is 43.2. The van der Waals surface area contributed by atoms with Gasteiger partial charge in [0.15, 0.2) is 34.9 Å². The number of amides is 1. The summed E-state index contributed by atoms with van der Waals surface area (Å²) in [6.45, 7) is 11.9. The Morgan fingerprint density at radius 1 is 0.538 bits per heavy atom. The molecule has 5 aromatic carbocycles. The maximum atomic E-state index is 14.6. The van der Waals surface area contributed by atoms with Gasteiger partial charge >= 0.3 is 5.97 Å². The average molecular weight is 1280 g/mol. The Labute approximate surface area is 523 Å². The standard InChI is InChI=1S/C20H17FN6O5.2C12H13FN4O.C9H7NO5.C6H12ClN/c1-12(28)19-22-24-20(25-23-19)18-15(21)4-3-5-16(18)26(2)17(29)10-11-32-14-8-6-13(7-9-14)27(30)31;2*1-3-8-5-4-6-9(13)10(8)12-16-14-11(7(2)18)15-17-12;11-9(12)5-6-15-8-3-1-7(2-4-8)10(13)14;1-5(2)6(7)8(3)4/h3-11H,1-2H3,(H,22,23)(H,24,25);2*4-6H,3H2,1-2H3,(H,14,15)(H,16,17);1-6H,(H,11,12);1-4H3/b11-10+;;;6-5+;. The van der Waals surface area contributed by atoms with Crippen LogP contribution in [0.2, 0.25) is 0 Å². The lowest BCUT2D eigenvalue weighted by molar-refractivity contribution is -0.385. The van der Waals surface area contributed by atoms with Crippen LogP contribution in [-0.2, 0) is 36.8 Å². The average Bonchev–Trinajstić information content (AvgIpc) is 0.938. The number of benzene rings is 5. The van der Waals surface area contributed by atoms with Gasteiger partial charge < -0.3 is 24.4 Å². The molecular weight excluding hydrogens is 1220 g/mol. The van der Waals surface area contributed by atoms with Crippen molar-refractivity contribution in [2.45, 2.75) is 61.3 Å². The fourth-order valence-electron chi connectivity index (χ4n) is 7.21. The zero-order chi connectivity index (χ0) is 67.5. The Bertz CT molecular complexity index is 3710. The number of nitro groups is 2. The number of carboxylic acids is 1. The van der Waals surface area contributed by atoms with Crippen LogP contribution < -0.4 is 46.9 Å². The number of carbonyl (C=O) groups excluding carboxylic acids is 4. The monoisotopic (exact) mass is 1280 g/mol. The molecule has 0 saturated heterocycles. The number of amidine groups is 6. The van der Waals surface area contributed by atoms with Gasteiger partial charge in [0.2, 0.25) is 17.5 Å². The van der Waals surface area contributed by atoms with E-state index in [1.54, 1.807) is 12.1 Å². The summed E-state index contributed by atoms with van der Waals surface area (Å²) in [6.07, 6.45) is 5.38. The molecule has 0 aromatic heterocycles. The Balaban J connectivity index is 0.000000259. The van der Waals surface area contributed by atoms with E-state index in [1.807, 2.05) is 58.8 Å². The summed E-state index contributed by atoms with van der Waals surface area (Å²) in [7, 11) is 5.28. The van der Waals surface area contributed by atoms with Crippen molar-refractivity contribution in [3.8, 4) is 11.5 Å². The second-order valence-corrected chi connectivity index (χ2v) is 19.1. The fraction of sp³-hybridized carbons (Fsp3) is 0.203. The number of halogens is 4. The molecule has 478 valence electrons. The van der Waals surface area contributed by atoms with Gasteiger partial charge in [-0.2, -0.15) is 30.6 Å². The van der Waals surface area contributed by atoms with Crippen LogP contribution in [0.1, 0.15) is 76.3 Å². The number of likely N-dealkylation sites (N-methyl/N-ethyl adjacent to an activating group) is 1. The third kappa shape index (κ3) is 21.9. The number of Topliss-reactive ketones (excluding diaryl/α,β-unsaturated/α-hetero) is 3. The highest BCUT2D eigenvalue weighted by molar-refractivity contribution is 6.39. The van der Waals surface area contributed by atoms with Crippen LogP contribution in [0.25, 0.3) is 0 Å². The SMILES string of the molecule is CC(=O)C1=NNC(c2c(F)cccc2N(C)C(=O)/C=C/Oc2ccc([N+](=O)[O-])cc2)=NN1.CC(C)=C(Cl)N(C)C.CCc1cccc(F)c1C1=NNC(C(C)=O)=NN1.CCc1cccc(F)c1C1=NNC(C(C)=O)=NN1.O=C(O)/C=C/Oc1ccc([N+](=O)[O-])cc1. The van der Waals surface area contributed by atoms with E-state index < -0.39 is 27.5 Å². The van der Waals surface area contributed by atoms with Crippen LogP contribution in [0.15, 0.2) is 169 Å². The minimum Gasteiger partial charge on any atom is -0.478 e. The minimum absolute atomic E-state index is 0.0196. The van der Waals surface area contributed by atoms with Crippen LogP contribution >= 0.6 is 11.6 Å². The number of ketones is 3. The van der Waals surface area contributed by atoms with Crippen LogP contribution in [0, 0.1) is 37.7 Å². The number of carboxylic acid groups (broad SMARTS) is 1. The highest BCUT2D eigenvalue weighted by Gasteiger charge is 2.24. The summed E-state index contributed by atoms with van der Waals surface area (Å²) >= 11 is 5.76. The molecule has 0 atom stereocenters. The largest absolute Gasteiger partial charge is 0.478 e. The van der Waals surface area contributed by atoms with E-state index in [9.17, 15) is 57.4 Å². The molecule has 8 rings (SSSR count). The van der Waals surface area contributed by atoms with E-state index in [0.29, 0.717) is 35.5 Å². The van der Waals surface area contributed by atoms with Crippen molar-refractivity contribution in [2.75, 3.05) is 26.0 Å². The Morgan fingerprint density at radius 2 is 0.890 bits per heavy atom. The summed E-state index contributed by atoms with van der Waals surface area (Å²) in [5.41, 5.74) is 18.7. The number of ether oxygens (including phenoxy) is 2. The van der Waals surface area contributed by atoms with Gasteiger partial charge in [-0.15, -0.1) is 0 Å². The maximum absolute atomic E-state index is 14.6. The van der Waals surface area contributed by atoms with Gasteiger partial charge in [0.05, 0.1) is 50.8 Å². The van der Waals surface area contributed by atoms with Crippen molar-refractivity contribution in [1.29, 1.82) is 0 Å². The van der Waals surface area contributed by atoms with Crippen LogP contribution in [-0.4, -0.2) is 105 Å². The van der Waals surface area contributed by atoms with Crippen molar-refractivity contribution in [2.24, 2.45) is 30.6 Å². The molecule has 0 aliphatic carbocycles. The third-order valence-electron chi connectivity index (χ3n) is 11.7. The molecule has 28 nitrogen and oxygen atoms in total. The second-order valence-electron chi connectivity index (χ2n) is 18.8. The number of non-ortho nitro benzene ring substituents is 2. The van der Waals surface area contributed by atoms with Gasteiger partial charge in [0.1, 0.15) is 34.1 Å². The van der Waals surface area contributed by atoms with Crippen LogP contribution in [0.3, 0.4) is 0 Å². The summed E-state index contributed by atoms with van der Waals surface area (Å²) in [5.74, 6) is -2.60. The van der Waals surface area contributed by atoms with Gasteiger partial charge in [-0.3, -0.25) is 72.0 Å². The number of anilines is 1. The zero-order valence-electron chi connectivity index (χ0n) is 50.5. The zero-order valence-corrected chi connectivity index (χ0v) is 51.2. The molecule has 0 unspecified atom stereocenters. The molecule has 3 aliphatic heterocycles. The number of nitrogens with zero attached hydrogens (tertiary/aromatic N) is 10. The first-order valence-corrected chi connectivity index (χ1v) is 27.1. The van der Waals surface area contributed by atoms with E-state index in [0.717, 1.165) is 46.5 Å². The predicted molar refractivity (Wildman–Crippen MR) is 335 cm³/mol. The highest BCUT2D eigenvalue weighted by atomic mass is 35.5. The first kappa shape index (κ1) is 71.8. The molecule has 32 heteroatoms. The fourth-order valence-corrected chi connectivity index (χ4v) is 7.21. The first-order valence-electron chi connectivity index (χ1n) is 26.7. The van der Waals surface area contributed by atoms with E-state index in [2.05, 4.69) is 63.2 Å². The summed E-state index contributed by atoms with van der Waals surface area (Å²) in [4.78, 5) is 79.0. The van der Waals surface area contributed by atoms with Gasteiger partial charge in [-0.05, 0) is 91.9 Å². The predicted octanol–water partition coefficient (Wildman–Crippen LogP) is 7.95. The molecule has 0 fully saturated rings. The number of hydrogen-bond acceptors (Lipinski definition) is 24. The lowest BCUT2D eigenvalue weighted by atomic mass is 10.0. The topological polar surface area (TPSA) is 363 Å². The Hall–Kier alpha value is -11.6. The third-order valence-corrected chi connectivity index (χ3v) is 12.4. The molecule has 1 amide bonds. The lowest BCUT2D eigenvalue weighted by Crippen LogP contribution is -2.38. The second kappa shape index (κ2) is 35.2. The molecule has 91 heavy (non-hydrogen) atoms. The summed E-state index contributed by atoms with van der Waals surface area (Å²) < 4.78 is 52.4. The molecular formula is C59H62ClF3N16O12. The van der Waals surface area contributed by atoms with Gasteiger partial charge in [0, 0.05) is 72.3 Å². The van der Waals surface area contributed by atoms with E-state index in [1.165, 1.54) is 112 Å². The van der Waals surface area contributed by atoms with E-state index >= 15 is 0 Å². The van der Waals surface area contributed by atoms with E-state index in [-0.39, 0.29) is 86.6 Å². The van der Waals surface area contributed by atoms with E-state index in [4.69, 9.17) is 26.2 Å². The molecule has 0 saturated carbocycles. The van der Waals surface area contributed by atoms with Crippen molar-refractivity contribution >= 4 is 92.9 Å². The number of allylic oxidation sites excluding steroid dienone is 1. The number of hydrogen-bond donors (Lipinski definition) is 7.